The Morgan fingerprint density at radius 1 is 1.14 bits per heavy atom. The smallest absolute Gasteiger partial charge is 0.180 e. The van der Waals surface area contributed by atoms with E-state index in [0.29, 0.717) is 0 Å². The molecule has 0 aliphatic rings. The van der Waals surface area contributed by atoms with E-state index in [1.165, 1.54) is 0 Å². The molecule has 2 N–H and O–H groups in total. The molecule has 0 aliphatic heterocycles. The molecule has 0 bridgehead atoms. The fourth-order valence-corrected chi connectivity index (χ4v) is 1.05. The van der Waals surface area contributed by atoms with Crippen molar-refractivity contribution >= 4 is 34.8 Å². The van der Waals surface area contributed by atoms with Gasteiger partial charge in [0, 0.05) is 12.5 Å². The summed E-state index contributed by atoms with van der Waals surface area (Å²) in [6, 6.07) is 0. The third-order valence-corrected chi connectivity index (χ3v) is 1.89. The SMILES string of the molecule is CCCC(O)C(CC)CO.ClC(Cl)Cl. The summed E-state index contributed by atoms with van der Waals surface area (Å²) in [4.78, 5) is 0. The Kier molecular flexibility index (Phi) is 14.6. The van der Waals surface area contributed by atoms with Gasteiger partial charge in [-0.3, -0.25) is 0 Å². The Labute approximate surface area is 101 Å². The molecule has 14 heavy (non-hydrogen) atoms. The van der Waals surface area contributed by atoms with Gasteiger partial charge in [0.25, 0.3) is 0 Å². The lowest BCUT2D eigenvalue weighted by Crippen LogP contribution is -2.22. The maximum atomic E-state index is 9.35. The number of alkyl halides is 3. The van der Waals surface area contributed by atoms with Crippen LogP contribution in [0.25, 0.3) is 0 Å². The van der Waals surface area contributed by atoms with E-state index in [-0.39, 0.29) is 18.6 Å². The van der Waals surface area contributed by atoms with Crippen LogP contribution in [-0.2, 0) is 0 Å². The number of aliphatic hydroxyl groups is 2. The van der Waals surface area contributed by atoms with Gasteiger partial charge >= 0.3 is 0 Å². The van der Waals surface area contributed by atoms with Crippen LogP contribution >= 0.6 is 34.8 Å². The van der Waals surface area contributed by atoms with Crippen molar-refractivity contribution in [1.82, 2.24) is 0 Å². The first kappa shape index (κ1) is 17.2. The molecule has 0 aromatic carbocycles. The number of hydrogen-bond donors (Lipinski definition) is 2. The minimum atomic E-state index is -0.750. The molecule has 0 amide bonds. The second kappa shape index (κ2) is 11.9. The summed E-state index contributed by atoms with van der Waals surface area (Å²) >= 11 is 14.4. The largest absolute Gasteiger partial charge is 0.396 e. The van der Waals surface area contributed by atoms with Gasteiger partial charge in [0.05, 0.1) is 6.10 Å². The van der Waals surface area contributed by atoms with E-state index in [2.05, 4.69) is 0 Å². The fraction of sp³-hybridized carbons (Fsp3) is 1.00. The first-order valence-corrected chi connectivity index (χ1v) is 6.01. The normalized spacial score (nSPS) is 14.6. The number of rotatable bonds is 5. The van der Waals surface area contributed by atoms with E-state index >= 15 is 0 Å². The zero-order chi connectivity index (χ0) is 11.6. The number of halogens is 3. The maximum absolute atomic E-state index is 9.35. The van der Waals surface area contributed by atoms with Crippen LogP contribution in [0.1, 0.15) is 33.1 Å². The molecular weight excluding hydrogens is 246 g/mol. The molecule has 5 heteroatoms. The van der Waals surface area contributed by atoms with Gasteiger partial charge in [0.1, 0.15) is 0 Å². The Morgan fingerprint density at radius 2 is 1.57 bits per heavy atom. The van der Waals surface area contributed by atoms with Crippen LogP contribution in [0.15, 0.2) is 0 Å². The van der Waals surface area contributed by atoms with E-state index in [4.69, 9.17) is 39.9 Å². The van der Waals surface area contributed by atoms with Crippen LogP contribution in [-0.4, -0.2) is 27.2 Å². The summed E-state index contributed by atoms with van der Waals surface area (Å²) in [5.41, 5.74) is 0. The molecule has 0 aliphatic carbocycles. The predicted molar refractivity (Wildman–Crippen MR) is 63.1 cm³/mol. The van der Waals surface area contributed by atoms with E-state index in [1.807, 2.05) is 13.8 Å². The van der Waals surface area contributed by atoms with E-state index in [0.717, 1.165) is 19.3 Å². The quantitative estimate of drug-likeness (QED) is 0.750. The Hall–Kier alpha value is 0.790. The van der Waals surface area contributed by atoms with Gasteiger partial charge in [0.2, 0.25) is 0 Å². The molecule has 2 nitrogen and oxygen atoms in total. The summed E-state index contributed by atoms with van der Waals surface area (Å²) in [7, 11) is 0. The molecule has 0 aromatic rings. The van der Waals surface area contributed by atoms with E-state index < -0.39 is 4.30 Å². The molecular formula is C9H19Cl3O2. The molecule has 0 saturated heterocycles. The highest BCUT2D eigenvalue weighted by Crippen LogP contribution is 2.12. The Balaban J connectivity index is 0. The lowest BCUT2D eigenvalue weighted by atomic mass is 9.97. The average molecular weight is 266 g/mol. The van der Waals surface area contributed by atoms with Gasteiger partial charge < -0.3 is 10.2 Å². The van der Waals surface area contributed by atoms with Crippen LogP contribution in [0, 0.1) is 5.92 Å². The zero-order valence-electron chi connectivity index (χ0n) is 8.59. The topological polar surface area (TPSA) is 40.5 Å². The fourth-order valence-electron chi connectivity index (χ4n) is 1.05. The van der Waals surface area contributed by atoms with Crippen molar-refractivity contribution in [2.24, 2.45) is 5.92 Å². The van der Waals surface area contributed by atoms with Crippen molar-refractivity contribution < 1.29 is 10.2 Å². The van der Waals surface area contributed by atoms with Crippen LogP contribution in [0.4, 0.5) is 0 Å². The van der Waals surface area contributed by atoms with Crippen molar-refractivity contribution in [2.75, 3.05) is 6.61 Å². The lowest BCUT2D eigenvalue weighted by Gasteiger charge is -2.17. The van der Waals surface area contributed by atoms with Crippen molar-refractivity contribution in [1.29, 1.82) is 0 Å². The average Bonchev–Trinajstić information content (AvgIpc) is 2.06. The summed E-state index contributed by atoms with van der Waals surface area (Å²) in [5.74, 6) is 0.0833. The summed E-state index contributed by atoms with van der Waals surface area (Å²) < 4.78 is -0.750. The van der Waals surface area contributed by atoms with Crippen molar-refractivity contribution in [2.45, 2.75) is 43.5 Å². The Bertz CT molecular complexity index is 105. The minimum absolute atomic E-state index is 0.0833. The van der Waals surface area contributed by atoms with Crippen LogP contribution in [0.3, 0.4) is 0 Å². The molecule has 0 heterocycles. The molecule has 88 valence electrons. The highest BCUT2D eigenvalue weighted by Gasteiger charge is 2.14. The second-order valence-electron chi connectivity index (χ2n) is 2.95. The highest BCUT2D eigenvalue weighted by atomic mass is 35.6. The molecule has 0 spiro atoms. The Morgan fingerprint density at radius 3 is 1.79 bits per heavy atom. The van der Waals surface area contributed by atoms with Gasteiger partial charge in [-0.15, -0.1) is 0 Å². The van der Waals surface area contributed by atoms with Crippen LogP contribution in [0.2, 0.25) is 0 Å². The van der Waals surface area contributed by atoms with Crippen LogP contribution < -0.4 is 0 Å². The molecule has 2 unspecified atom stereocenters. The van der Waals surface area contributed by atoms with Crippen molar-refractivity contribution in [3.05, 3.63) is 0 Å². The third-order valence-electron chi connectivity index (χ3n) is 1.89. The van der Waals surface area contributed by atoms with E-state index in [1.54, 1.807) is 0 Å². The molecule has 0 saturated carbocycles. The monoisotopic (exact) mass is 264 g/mol. The lowest BCUT2D eigenvalue weighted by molar-refractivity contribution is 0.0584. The van der Waals surface area contributed by atoms with Gasteiger partial charge in [0.15, 0.2) is 4.30 Å². The predicted octanol–water partition coefficient (Wildman–Crippen LogP) is 3.15. The van der Waals surface area contributed by atoms with Gasteiger partial charge in [-0.2, -0.15) is 0 Å². The zero-order valence-corrected chi connectivity index (χ0v) is 10.9. The summed E-state index contributed by atoms with van der Waals surface area (Å²) in [6.07, 6.45) is 2.34. The van der Waals surface area contributed by atoms with Gasteiger partial charge in [-0.05, 0) is 12.8 Å². The minimum Gasteiger partial charge on any atom is -0.396 e. The second-order valence-corrected chi connectivity index (χ2v) is 4.93. The molecule has 0 aromatic heterocycles. The van der Waals surface area contributed by atoms with Crippen molar-refractivity contribution in [3.8, 4) is 0 Å². The standard InChI is InChI=1S/C8H18O2.CHCl3/c1-3-5-8(10)7(4-2)6-9;2-1(3)4/h7-10H,3-6H2,1-2H3;1H. The first-order chi connectivity index (χ1) is 6.49. The molecule has 0 radical (unpaired) electrons. The first-order valence-electron chi connectivity index (χ1n) is 4.70. The van der Waals surface area contributed by atoms with Crippen molar-refractivity contribution in [3.63, 3.8) is 0 Å². The molecule has 0 rings (SSSR count). The van der Waals surface area contributed by atoms with Crippen LogP contribution in [0.5, 0.6) is 0 Å². The third kappa shape index (κ3) is 12.8. The van der Waals surface area contributed by atoms with Gasteiger partial charge in [-0.1, -0.05) is 55.1 Å². The molecule has 2 atom stereocenters. The van der Waals surface area contributed by atoms with Gasteiger partial charge in [-0.25, -0.2) is 0 Å². The number of aliphatic hydroxyl groups excluding tert-OH is 2. The molecule has 0 fully saturated rings. The summed E-state index contributed by atoms with van der Waals surface area (Å²) in [5, 5.41) is 18.1. The maximum Gasteiger partial charge on any atom is 0.180 e. The summed E-state index contributed by atoms with van der Waals surface area (Å²) in [6.45, 7) is 4.13. The number of hydrogen-bond acceptors (Lipinski definition) is 2. The highest BCUT2D eigenvalue weighted by molar-refractivity contribution is 6.63. The van der Waals surface area contributed by atoms with E-state index in [9.17, 15) is 5.11 Å².